The maximum atomic E-state index is 11.4. The predicted octanol–water partition coefficient (Wildman–Crippen LogP) is 0.996. The largest absolute Gasteiger partial charge is 0.349 e. The molecule has 15 heavy (non-hydrogen) atoms. The van der Waals surface area contributed by atoms with Gasteiger partial charge >= 0.3 is 0 Å². The summed E-state index contributed by atoms with van der Waals surface area (Å²) in [6.45, 7) is 3.74. The van der Waals surface area contributed by atoms with Crippen LogP contribution in [0, 0.1) is 0 Å². The molecule has 1 aromatic rings. The molecular formula is C11H17N3O. The molecule has 0 saturated heterocycles. The minimum Gasteiger partial charge on any atom is -0.349 e. The summed E-state index contributed by atoms with van der Waals surface area (Å²) < 4.78 is 0. The van der Waals surface area contributed by atoms with Gasteiger partial charge in [0.1, 0.15) is 0 Å². The number of pyridine rings is 1. The molecule has 1 rings (SSSR count). The van der Waals surface area contributed by atoms with Crippen LogP contribution in [0.1, 0.15) is 31.9 Å². The van der Waals surface area contributed by atoms with E-state index in [-0.39, 0.29) is 18.0 Å². The summed E-state index contributed by atoms with van der Waals surface area (Å²) in [5.74, 6) is -0.0265. The standard InChI is InChI=1S/C11H17N3O/c1-8(12)6-11(15)14-9(2)10-4-3-5-13-7-10/h3-5,7-9H,6,12H2,1-2H3,(H,14,15)/t8?,9-/m1/s1. The Morgan fingerprint density at radius 2 is 2.33 bits per heavy atom. The summed E-state index contributed by atoms with van der Waals surface area (Å²) in [4.78, 5) is 15.4. The third-order valence-electron chi connectivity index (χ3n) is 2.07. The highest BCUT2D eigenvalue weighted by atomic mass is 16.1. The molecule has 0 radical (unpaired) electrons. The number of amides is 1. The van der Waals surface area contributed by atoms with Crippen molar-refractivity contribution in [1.29, 1.82) is 0 Å². The van der Waals surface area contributed by atoms with Crippen LogP contribution in [-0.4, -0.2) is 16.9 Å². The van der Waals surface area contributed by atoms with Gasteiger partial charge in [-0.05, 0) is 25.5 Å². The van der Waals surface area contributed by atoms with Crippen molar-refractivity contribution in [2.24, 2.45) is 5.73 Å². The average molecular weight is 207 g/mol. The van der Waals surface area contributed by atoms with Crippen molar-refractivity contribution in [3.63, 3.8) is 0 Å². The van der Waals surface area contributed by atoms with Gasteiger partial charge in [-0.25, -0.2) is 0 Å². The fourth-order valence-electron chi connectivity index (χ4n) is 1.31. The third kappa shape index (κ3) is 4.08. The molecule has 0 aromatic carbocycles. The Bertz CT molecular complexity index is 311. The highest BCUT2D eigenvalue weighted by Gasteiger charge is 2.10. The van der Waals surface area contributed by atoms with E-state index in [1.54, 1.807) is 12.4 Å². The van der Waals surface area contributed by atoms with E-state index in [1.165, 1.54) is 0 Å². The smallest absolute Gasteiger partial charge is 0.222 e. The van der Waals surface area contributed by atoms with Crippen LogP contribution >= 0.6 is 0 Å². The highest BCUT2D eigenvalue weighted by molar-refractivity contribution is 5.76. The first-order valence-corrected chi connectivity index (χ1v) is 5.04. The number of nitrogens with two attached hydrogens (primary N) is 1. The van der Waals surface area contributed by atoms with Gasteiger partial charge in [-0.2, -0.15) is 0 Å². The van der Waals surface area contributed by atoms with E-state index in [2.05, 4.69) is 10.3 Å². The summed E-state index contributed by atoms with van der Waals surface area (Å²) in [6.07, 6.45) is 3.81. The molecule has 0 aliphatic rings. The molecule has 2 atom stereocenters. The molecule has 1 heterocycles. The molecule has 0 saturated carbocycles. The normalized spacial score (nSPS) is 14.3. The van der Waals surface area contributed by atoms with Crippen molar-refractivity contribution in [2.45, 2.75) is 32.4 Å². The van der Waals surface area contributed by atoms with E-state index in [0.29, 0.717) is 6.42 Å². The van der Waals surface area contributed by atoms with Gasteiger partial charge in [-0.15, -0.1) is 0 Å². The minimum atomic E-state index is -0.105. The fraction of sp³-hybridized carbons (Fsp3) is 0.455. The summed E-state index contributed by atoms with van der Waals surface area (Å²) >= 11 is 0. The molecule has 0 spiro atoms. The van der Waals surface area contributed by atoms with Gasteiger partial charge in [0.25, 0.3) is 0 Å². The maximum Gasteiger partial charge on any atom is 0.222 e. The number of nitrogens with zero attached hydrogens (tertiary/aromatic N) is 1. The second-order valence-electron chi connectivity index (χ2n) is 3.76. The van der Waals surface area contributed by atoms with Crippen molar-refractivity contribution in [3.8, 4) is 0 Å². The van der Waals surface area contributed by atoms with Crippen LogP contribution in [0.4, 0.5) is 0 Å². The highest BCUT2D eigenvalue weighted by Crippen LogP contribution is 2.09. The molecule has 4 heteroatoms. The fourth-order valence-corrected chi connectivity index (χ4v) is 1.31. The lowest BCUT2D eigenvalue weighted by molar-refractivity contribution is -0.122. The van der Waals surface area contributed by atoms with E-state index in [4.69, 9.17) is 5.73 Å². The summed E-state index contributed by atoms with van der Waals surface area (Å²) in [5, 5.41) is 2.87. The van der Waals surface area contributed by atoms with E-state index < -0.39 is 0 Å². The number of hydrogen-bond donors (Lipinski definition) is 2. The van der Waals surface area contributed by atoms with E-state index >= 15 is 0 Å². The Morgan fingerprint density at radius 1 is 1.60 bits per heavy atom. The van der Waals surface area contributed by atoms with Gasteiger partial charge in [0.05, 0.1) is 6.04 Å². The molecule has 82 valence electrons. The first-order chi connectivity index (χ1) is 7.09. The quantitative estimate of drug-likeness (QED) is 0.773. The van der Waals surface area contributed by atoms with E-state index in [9.17, 15) is 4.79 Å². The topological polar surface area (TPSA) is 68.0 Å². The van der Waals surface area contributed by atoms with Crippen LogP contribution in [-0.2, 0) is 4.79 Å². The van der Waals surface area contributed by atoms with E-state index in [1.807, 2.05) is 26.0 Å². The third-order valence-corrected chi connectivity index (χ3v) is 2.07. The molecule has 0 aliphatic heterocycles. The second kappa shape index (κ2) is 5.46. The van der Waals surface area contributed by atoms with Gasteiger partial charge in [-0.3, -0.25) is 9.78 Å². The summed E-state index contributed by atoms with van der Waals surface area (Å²) in [7, 11) is 0. The molecule has 0 fully saturated rings. The molecule has 4 nitrogen and oxygen atoms in total. The summed E-state index contributed by atoms with van der Waals surface area (Å²) in [5.41, 5.74) is 6.53. The summed E-state index contributed by atoms with van der Waals surface area (Å²) in [6, 6.07) is 3.66. The number of carbonyl (C=O) groups excluding carboxylic acids is 1. The van der Waals surface area contributed by atoms with Crippen LogP contribution in [0.25, 0.3) is 0 Å². The monoisotopic (exact) mass is 207 g/mol. The lowest BCUT2D eigenvalue weighted by atomic mass is 10.1. The second-order valence-corrected chi connectivity index (χ2v) is 3.76. The molecular weight excluding hydrogens is 190 g/mol. The predicted molar refractivity (Wildman–Crippen MR) is 59.1 cm³/mol. The van der Waals surface area contributed by atoms with Crippen molar-refractivity contribution >= 4 is 5.91 Å². The molecule has 1 unspecified atom stereocenters. The molecule has 3 N–H and O–H groups in total. The van der Waals surface area contributed by atoms with Gasteiger partial charge in [0, 0.05) is 24.9 Å². The zero-order chi connectivity index (χ0) is 11.3. The Balaban J connectivity index is 2.49. The maximum absolute atomic E-state index is 11.4. The average Bonchev–Trinajstić information content (AvgIpc) is 2.17. The van der Waals surface area contributed by atoms with Crippen LogP contribution in [0.3, 0.4) is 0 Å². The van der Waals surface area contributed by atoms with Crippen molar-refractivity contribution < 1.29 is 4.79 Å². The lowest BCUT2D eigenvalue weighted by Crippen LogP contribution is -2.31. The first-order valence-electron chi connectivity index (χ1n) is 5.04. The van der Waals surface area contributed by atoms with Gasteiger partial charge < -0.3 is 11.1 Å². The van der Waals surface area contributed by atoms with Crippen molar-refractivity contribution in [2.75, 3.05) is 0 Å². The molecule has 0 aliphatic carbocycles. The number of hydrogen-bond acceptors (Lipinski definition) is 3. The molecule has 1 amide bonds. The zero-order valence-electron chi connectivity index (χ0n) is 9.10. The Kier molecular flexibility index (Phi) is 4.24. The van der Waals surface area contributed by atoms with Crippen molar-refractivity contribution in [3.05, 3.63) is 30.1 Å². The Labute approximate surface area is 89.9 Å². The molecule has 0 bridgehead atoms. The lowest BCUT2D eigenvalue weighted by Gasteiger charge is -2.14. The van der Waals surface area contributed by atoms with Crippen molar-refractivity contribution in [1.82, 2.24) is 10.3 Å². The Morgan fingerprint density at radius 3 is 2.87 bits per heavy atom. The van der Waals surface area contributed by atoms with Crippen LogP contribution in [0.2, 0.25) is 0 Å². The SMILES string of the molecule is CC(N)CC(=O)N[C@H](C)c1cccnc1. The molecule has 1 aromatic heterocycles. The number of rotatable bonds is 4. The number of aromatic nitrogens is 1. The zero-order valence-corrected chi connectivity index (χ0v) is 9.10. The number of carbonyl (C=O) groups is 1. The minimum absolute atomic E-state index is 0.0232. The van der Waals surface area contributed by atoms with Gasteiger partial charge in [0.2, 0.25) is 5.91 Å². The number of nitrogens with one attached hydrogen (secondary N) is 1. The van der Waals surface area contributed by atoms with Crippen LogP contribution < -0.4 is 11.1 Å². The van der Waals surface area contributed by atoms with Crippen LogP contribution in [0.15, 0.2) is 24.5 Å². The first kappa shape index (κ1) is 11.7. The van der Waals surface area contributed by atoms with Gasteiger partial charge in [0.15, 0.2) is 0 Å². The van der Waals surface area contributed by atoms with Gasteiger partial charge in [-0.1, -0.05) is 6.07 Å². The van der Waals surface area contributed by atoms with Crippen LogP contribution in [0.5, 0.6) is 0 Å². The van der Waals surface area contributed by atoms with E-state index in [0.717, 1.165) is 5.56 Å². The Hall–Kier alpha value is -1.42.